The summed E-state index contributed by atoms with van der Waals surface area (Å²) in [6.45, 7) is 8.70. The van der Waals surface area contributed by atoms with Crippen molar-refractivity contribution in [1.82, 2.24) is 10.2 Å². The van der Waals surface area contributed by atoms with Crippen LogP contribution in [0.1, 0.15) is 52.5 Å². The van der Waals surface area contributed by atoms with Crippen LogP contribution in [0, 0.1) is 34.5 Å². The SMILES string of the molecule is CC1=C[C@]23C(=O)[C@@H](C=C(CO)[C@@H](O)[C@]2(O)[C@H]1NC(O)[C@]1(Cc2ccccc2)CCCN1C)[C@H]1[C@@H](C[C@H]3C)C1(C)C. The van der Waals surface area contributed by atoms with Gasteiger partial charge in [-0.05, 0) is 80.5 Å². The van der Waals surface area contributed by atoms with Crippen LogP contribution >= 0.6 is 0 Å². The number of carbonyl (C=O) groups is 1. The minimum atomic E-state index is -1.95. The van der Waals surface area contributed by atoms with Crippen LogP contribution in [-0.2, 0) is 11.2 Å². The normalized spacial score (nSPS) is 44.7. The number of nitrogens with zero attached hydrogens (tertiary/aromatic N) is 1. The summed E-state index contributed by atoms with van der Waals surface area (Å²) in [7, 11) is 2.02. The van der Waals surface area contributed by atoms with Crippen molar-refractivity contribution < 1.29 is 25.2 Å². The van der Waals surface area contributed by atoms with Gasteiger partial charge in [0.15, 0.2) is 5.78 Å². The fourth-order valence-electron chi connectivity index (χ4n) is 9.68. The van der Waals surface area contributed by atoms with E-state index in [1.165, 1.54) is 0 Å². The Bertz CT molecular complexity index is 1240. The molecular weight excluding hydrogens is 504 g/mol. The largest absolute Gasteiger partial charge is 0.392 e. The number of Topliss-reactive ketones (excluding diaryl/α,β-unsaturated/α-hetero) is 1. The molecule has 1 aromatic rings. The molecule has 7 nitrogen and oxygen atoms in total. The number of likely N-dealkylation sites (tertiary alicyclic amines) is 1. The van der Waals surface area contributed by atoms with E-state index in [0.29, 0.717) is 17.9 Å². The Balaban J connectivity index is 1.42. The van der Waals surface area contributed by atoms with Gasteiger partial charge in [0, 0.05) is 5.92 Å². The van der Waals surface area contributed by atoms with E-state index in [2.05, 4.69) is 36.2 Å². The minimum Gasteiger partial charge on any atom is -0.392 e. The summed E-state index contributed by atoms with van der Waals surface area (Å²) in [6, 6.07) is 9.24. The molecule has 0 radical (unpaired) electrons. The molecule has 2 bridgehead atoms. The van der Waals surface area contributed by atoms with E-state index >= 15 is 0 Å². The molecule has 40 heavy (non-hydrogen) atoms. The molecule has 2 saturated carbocycles. The van der Waals surface area contributed by atoms with Crippen molar-refractivity contribution in [2.75, 3.05) is 20.2 Å². The van der Waals surface area contributed by atoms with Crippen LogP contribution in [-0.4, -0.2) is 80.8 Å². The molecule has 0 aromatic heterocycles. The van der Waals surface area contributed by atoms with Crippen LogP contribution in [0.2, 0.25) is 0 Å². The van der Waals surface area contributed by atoms with Gasteiger partial charge in [0.1, 0.15) is 17.9 Å². The van der Waals surface area contributed by atoms with Crippen LogP contribution in [0.4, 0.5) is 0 Å². The smallest absolute Gasteiger partial charge is 0.153 e. The average molecular weight is 551 g/mol. The van der Waals surface area contributed by atoms with Gasteiger partial charge in [-0.1, -0.05) is 68.8 Å². The Labute approximate surface area is 238 Å². The molecule has 4 aliphatic carbocycles. The Morgan fingerprint density at radius 1 is 1.20 bits per heavy atom. The van der Waals surface area contributed by atoms with Gasteiger partial charge >= 0.3 is 0 Å². The Morgan fingerprint density at radius 3 is 2.52 bits per heavy atom. The maximum atomic E-state index is 14.6. The number of hydrogen-bond donors (Lipinski definition) is 5. The molecular formula is C33H46N2O5. The molecule has 1 unspecified atom stereocenters. The van der Waals surface area contributed by atoms with Gasteiger partial charge in [0.25, 0.3) is 0 Å². The zero-order valence-corrected chi connectivity index (χ0v) is 24.5. The van der Waals surface area contributed by atoms with Crippen molar-refractivity contribution in [1.29, 1.82) is 0 Å². The minimum absolute atomic E-state index is 0.0112. The molecule has 7 heteroatoms. The summed E-state index contributed by atoms with van der Waals surface area (Å²) in [4.78, 5) is 16.8. The molecule has 10 atom stereocenters. The number of ketones is 1. The average Bonchev–Trinajstić information content (AvgIpc) is 3.18. The fraction of sp³-hybridized carbons (Fsp3) is 0.667. The third-order valence-corrected chi connectivity index (χ3v) is 12.0. The van der Waals surface area contributed by atoms with Gasteiger partial charge in [-0.15, -0.1) is 0 Å². The molecule has 1 heterocycles. The first-order valence-corrected chi connectivity index (χ1v) is 15.0. The maximum Gasteiger partial charge on any atom is 0.153 e. The summed E-state index contributed by atoms with van der Waals surface area (Å²) in [6.07, 6.45) is 4.26. The quantitative estimate of drug-likeness (QED) is 0.273. The number of aliphatic hydroxyl groups is 4. The van der Waals surface area contributed by atoms with Gasteiger partial charge in [0.05, 0.1) is 23.6 Å². The fourth-order valence-corrected chi connectivity index (χ4v) is 9.68. The van der Waals surface area contributed by atoms with Crippen molar-refractivity contribution in [3.8, 4) is 0 Å². The van der Waals surface area contributed by atoms with Gasteiger partial charge in [0.2, 0.25) is 0 Å². The number of carbonyl (C=O) groups excluding carboxylic acids is 1. The third-order valence-electron chi connectivity index (χ3n) is 12.0. The zero-order valence-electron chi connectivity index (χ0n) is 24.5. The molecule has 1 aromatic carbocycles. The summed E-state index contributed by atoms with van der Waals surface area (Å²) < 4.78 is 0. The zero-order chi connectivity index (χ0) is 28.8. The monoisotopic (exact) mass is 550 g/mol. The lowest BCUT2D eigenvalue weighted by Gasteiger charge is -2.51. The summed E-state index contributed by atoms with van der Waals surface area (Å²) in [5.74, 6) is -0.326. The highest BCUT2D eigenvalue weighted by Crippen LogP contribution is 2.71. The van der Waals surface area contributed by atoms with Crippen LogP contribution < -0.4 is 5.32 Å². The first kappa shape index (κ1) is 28.3. The highest BCUT2D eigenvalue weighted by Gasteiger charge is 2.75. The molecule has 3 fully saturated rings. The van der Waals surface area contributed by atoms with E-state index in [0.717, 1.165) is 36.9 Å². The highest BCUT2D eigenvalue weighted by molar-refractivity contribution is 5.95. The first-order chi connectivity index (χ1) is 18.9. The Hall–Kier alpha value is -1.87. The van der Waals surface area contributed by atoms with E-state index in [-0.39, 0.29) is 23.0 Å². The number of allylic oxidation sites excluding steroid dienone is 1. The van der Waals surface area contributed by atoms with Gasteiger partial charge in [-0.3, -0.25) is 15.0 Å². The molecule has 1 saturated heterocycles. The number of hydrogen-bond acceptors (Lipinski definition) is 7. The molecule has 1 aliphatic heterocycles. The number of nitrogens with one attached hydrogen (secondary N) is 1. The molecule has 1 spiro atoms. The number of rotatable bonds is 6. The number of likely N-dealkylation sites (N-methyl/N-ethyl adjacent to an activating group) is 1. The summed E-state index contributed by atoms with van der Waals surface area (Å²) >= 11 is 0. The van der Waals surface area contributed by atoms with E-state index < -0.39 is 47.5 Å². The van der Waals surface area contributed by atoms with E-state index in [1.807, 2.05) is 45.2 Å². The van der Waals surface area contributed by atoms with Crippen LogP contribution in [0.3, 0.4) is 0 Å². The topological polar surface area (TPSA) is 113 Å². The Kier molecular flexibility index (Phi) is 6.58. The third kappa shape index (κ3) is 3.55. The van der Waals surface area contributed by atoms with E-state index in [4.69, 9.17) is 0 Å². The molecule has 218 valence electrons. The van der Waals surface area contributed by atoms with Gasteiger partial charge < -0.3 is 20.4 Å². The second-order valence-electron chi connectivity index (χ2n) is 14.2. The van der Waals surface area contributed by atoms with Crippen molar-refractivity contribution in [3.05, 3.63) is 59.2 Å². The number of fused-ring (bicyclic) bond motifs is 3. The van der Waals surface area contributed by atoms with Gasteiger partial charge in [-0.2, -0.15) is 0 Å². The molecule has 5 aliphatic rings. The predicted molar refractivity (Wildman–Crippen MR) is 153 cm³/mol. The standard InChI is InChI=1S/C33H46N2O5/c1-19-16-32-20(2)14-24-25(30(24,3)4)23(28(32)38)15-22(18-36)27(37)33(32,40)26(19)34-29(39)31(12-9-13-35(31)5)17-21-10-7-6-8-11-21/h6-8,10-11,15-16,20,23-27,29,34,36-37,39-40H,9,12-14,17-18H2,1-5H3/t20-,23+,24-,25+,26+,27-,29?,31-,32+,33-/m1/s1. The van der Waals surface area contributed by atoms with Crippen LogP contribution in [0.25, 0.3) is 0 Å². The molecule has 6 rings (SSSR count). The number of aliphatic hydroxyl groups excluding tert-OH is 3. The lowest BCUT2D eigenvalue weighted by atomic mass is 9.58. The van der Waals surface area contributed by atoms with Crippen molar-refractivity contribution in [3.63, 3.8) is 0 Å². The summed E-state index contributed by atoms with van der Waals surface area (Å²) in [5.41, 5.74) is -1.77. The maximum absolute atomic E-state index is 14.6. The van der Waals surface area contributed by atoms with Crippen LogP contribution in [0.15, 0.2) is 53.6 Å². The first-order valence-electron chi connectivity index (χ1n) is 15.0. The van der Waals surface area contributed by atoms with E-state index in [1.54, 1.807) is 6.08 Å². The second-order valence-corrected chi connectivity index (χ2v) is 14.2. The molecule has 0 amide bonds. The van der Waals surface area contributed by atoms with Gasteiger partial charge in [-0.25, -0.2) is 0 Å². The van der Waals surface area contributed by atoms with Crippen LogP contribution in [0.5, 0.6) is 0 Å². The lowest BCUT2D eigenvalue weighted by Crippen LogP contribution is -2.71. The highest BCUT2D eigenvalue weighted by atomic mass is 16.4. The van der Waals surface area contributed by atoms with Crippen molar-refractivity contribution >= 4 is 5.78 Å². The summed E-state index contributed by atoms with van der Waals surface area (Å²) in [5, 5.41) is 50.5. The lowest BCUT2D eigenvalue weighted by molar-refractivity contribution is -0.175. The Morgan fingerprint density at radius 2 is 1.90 bits per heavy atom. The van der Waals surface area contributed by atoms with E-state index in [9.17, 15) is 25.2 Å². The molecule has 5 N–H and O–H groups in total. The second kappa shape index (κ2) is 9.32. The van der Waals surface area contributed by atoms with Crippen molar-refractivity contribution in [2.24, 2.45) is 34.5 Å². The predicted octanol–water partition coefficient (Wildman–Crippen LogP) is 2.44. The van der Waals surface area contributed by atoms with Crippen molar-refractivity contribution in [2.45, 2.75) is 82.9 Å². The number of benzene rings is 1.